The van der Waals surface area contributed by atoms with Crippen molar-refractivity contribution in [3.63, 3.8) is 0 Å². The van der Waals surface area contributed by atoms with Gasteiger partial charge in [0.2, 0.25) is 0 Å². The molecule has 0 amide bonds. The average molecular weight is 215 g/mol. The minimum Gasteiger partial charge on any atom is -0.497 e. The lowest BCUT2D eigenvalue weighted by Crippen LogP contribution is -2.37. The van der Waals surface area contributed by atoms with Crippen molar-refractivity contribution in [1.82, 2.24) is 4.72 Å². The highest BCUT2D eigenvalue weighted by Crippen LogP contribution is 2.22. The number of nitrogens with one attached hydrogen (secondary N) is 1. The van der Waals surface area contributed by atoms with E-state index in [2.05, 4.69) is 38.5 Å². The topological polar surface area (TPSA) is 21.3 Å². The van der Waals surface area contributed by atoms with E-state index in [4.69, 9.17) is 4.74 Å². The van der Waals surface area contributed by atoms with Crippen LogP contribution in [0, 0.1) is 0 Å². The molecule has 2 atom stereocenters. The molecule has 0 bridgehead atoms. The van der Waals surface area contributed by atoms with Gasteiger partial charge in [0.1, 0.15) is 6.10 Å². The molecule has 0 unspecified atom stereocenters. The van der Waals surface area contributed by atoms with Gasteiger partial charge in [-0.15, -0.1) is 0 Å². The maximum atomic E-state index is 5.55. The first-order valence-corrected chi connectivity index (χ1v) is 6.05. The first kappa shape index (κ1) is 11.9. The van der Waals surface area contributed by atoms with Crippen molar-refractivity contribution in [2.45, 2.75) is 57.4 Å². The number of ether oxygens (including phenoxy) is 1. The van der Waals surface area contributed by atoms with E-state index in [9.17, 15) is 0 Å². The Bertz CT molecular complexity index is 198. The van der Waals surface area contributed by atoms with Crippen LogP contribution in [0.4, 0.5) is 0 Å². The smallest absolute Gasteiger partial charge is 0.114 e. The largest absolute Gasteiger partial charge is 0.497 e. The van der Waals surface area contributed by atoms with Crippen LogP contribution in [0.1, 0.15) is 40.5 Å². The quantitative estimate of drug-likeness (QED) is 0.731. The zero-order valence-corrected chi connectivity index (χ0v) is 10.4. The van der Waals surface area contributed by atoms with Gasteiger partial charge in [-0.25, -0.2) is 0 Å². The van der Waals surface area contributed by atoms with Crippen molar-refractivity contribution >= 4 is 11.9 Å². The van der Waals surface area contributed by atoms with E-state index in [0.717, 1.165) is 12.8 Å². The van der Waals surface area contributed by atoms with Gasteiger partial charge in [0.05, 0.1) is 12.3 Å². The molecule has 1 aliphatic heterocycles. The predicted octanol–water partition coefficient (Wildman–Crippen LogP) is 3.10. The summed E-state index contributed by atoms with van der Waals surface area (Å²) in [5.41, 5.74) is 0. The van der Waals surface area contributed by atoms with Gasteiger partial charge in [-0.1, -0.05) is 11.9 Å². The van der Waals surface area contributed by atoms with Gasteiger partial charge in [0.15, 0.2) is 0 Å². The summed E-state index contributed by atoms with van der Waals surface area (Å²) in [6.07, 6.45) is 6.50. The van der Waals surface area contributed by atoms with E-state index in [1.807, 2.05) is 6.26 Å². The molecule has 0 saturated carbocycles. The van der Waals surface area contributed by atoms with E-state index in [1.54, 1.807) is 11.9 Å². The van der Waals surface area contributed by atoms with E-state index < -0.39 is 0 Å². The lowest BCUT2D eigenvalue weighted by atomic mass is 10.1. The molecule has 1 heterocycles. The summed E-state index contributed by atoms with van der Waals surface area (Å²) in [6.45, 7) is 8.81. The number of hydrogen-bond donors (Lipinski definition) is 1. The van der Waals surface area contributed by atoms with Crippen LogP contribution in [0.25, 0.3) is 0 Å². The van der Waals surface area contributed by atoms with Crippen LogP contribution >= 0.6 is 11.9 Å². The van der Waals surface area contributed by atoms with Crippen LogP contribution in [-0.4, -0.2) is 16.9 Å². The van der Waals surface area contributed by atoms with E-state index in [1.165, 1.54) is 0 Å². The lowest BCUT2D eigenvalue weighted by molar-refractivity contribution is 0.100. The highest BCUT2D eigenvalue weighted by atomic mass is 32.2. The predicted molar refractivity (Wildman–Crippen MR) is 63.2 cm³/mol. The number of hydrogen-bond acceptors (Lipinski definition) is 3. The average Bonchev–Trinajstić information content (AvgIpc) is 2.14. The third-order valence-electron chi connectivity index (χ3n) is 2.08. The lowest BCUT2D eigenvalue weighted by Gasteiger charge is -2.28. The summed E-state index contributed by atoms with van der Waals surface area (Å²) in [6, 6.07) is 0.407. The summed E-state index contributed by atoms with van der Waals surface area (Å²) in [5.74, 6) is 0. The summed E-state index contributed by atoms with van der Waals surface area (Å²) in [5, 5.41) is 0. The molecular formula is C11H21NOS. The summed E-state index contributed by atoms with van der Waals surface area (Å²) < 4.78 is 9.26. The highest BCUT2D eigenvalue weighted by Gasteiger charge is 2.21. The monoisotopic (exact) mass is 215 g/mol. The highest BCUT2D eigenvalue weighted by molar-refractivity contribution is 7.98. The van der Waals surface area contributed by atoms with Crippen LogP contribution < -0.4 is 4.72 Å². The zero-order valence-electron chi connectivity index (χ0n) is 9.54. The maximum Gasteiger partial charge on any atom is 0.114 e. The molecule has 0 saturated heterocycles. The molecule has 1 N–H and O–H groups in total. The Labute approximate surface area is 91.6 Å². The van der Waals surface area contributed by atoms with Crippen LogP contribution in [-0.2, 0) is 4.74 Å². The molecule has 0 aromatic rings. The van der Waals surface area contributed by atoms with E-state index in [0.29, 0.717) is 12.1 Å². The minimum absolute atomic E-state index is 0.263. The molecule has 0 aromatic carbocycles. The summed E-state index contributed by atoms with van der Waals surface area (Å²) >= 11 is 1.78. The van der Waals surface area contributed by atoms with Gasteiger partial charge in [-0.05, 0) is 46.6 Å². The molecule has 3 heteroatoms. The van der Waals surface area contributed by atoms with E-state index >= 15 is 0 Å². The van der Waals surface area contributed by atoms with Crippen molar-refractivity contribution in [3.05, 3.63) is 12.3 Å². The second-order valence-electron chi connectivity index (χ2n) is 4.74. The van der Waals surface area contributed by atoms with Crippen LogP contribution in [0.15, 0.2) is 12.3 Å². The molecular weight excluding hydrogens is 194 g/mol. The second kappa shape index (κ2) is 5.08. The van der Waals surface area contributed by atoms with Gasteiger partial charge in [0, 0.05) is 4.75 Å². The van der Waals surface area contributed by atoms with Crippen LogP contribution in [0.3, 0.4) is 0 Å². The SMILES string of the molecule is C[C@@H](NSC(C)(C)C)[C@@H]1CCC=CO1. The van der Waals surface area contributed by atoms with Crippen molar-refractivity contribution in [1.29, 1.82) is 0 Å². The molecule has 1 aliphatic rings. The van der Waals surface area contributed by atoms with Gasteiger partial charge >= 0.3 is 0 Å². The molecule has 0 fully saturated rings. The van der Waals surface area contributed by atoms with Crippen molar-refractivity contribution in [2.24, 2.45) is 0 Å². The fourth-order valence-corrected chi connectivity index (χ4v) is 1.96. The second-order valence-corrected chi connectivity index (χ2v) is 6.41. The normalized spacial score (nSPS) is 24.4. The van der Waals surface area contributed by atoms with Gasteiger partial charge < -0.3 is 4.74 Å². The van der Waals surface area contributed by atoms with Gasteiger partial charge in [-0.3, -0.25) is 4.72 Å². The summed E-state index contributed by atoms with van der Waals surface area (Å²) in [4.78, 5) is 0. The minimum atomic E-state index is 0.263. The molecule has 0 aromatic heterocycles. The maximum absolute atomic E-state index is 5.55. The third kappa shape index (κ3) is 4.38. The number of allylic oxidation sites excluding steroid dienone is 1. The Balaban J connectivity index is 2.27. The van der Waals surface area contributed by atoms with Gasteiger partial charge in [0.25, 0.3) is 0 Å². The third-order valence-corrected chi connectivity index (χ3v) is 3.18. The Morgan fingerprint density at radius 2 is 2.21 bits per heavy atom. The van der Waals surface area contributed by atoms with Crippen molar-refractivity contribution in [3.8, 4) is 0 Å². The molecule has 0 spiro atoms. The van der Waals surface area contributed by atoms with E-state index in [-0.39, 0.29) is 4.75 Å². The van der Waals surface area contributed by atoms with Crippen molar-refractivity contribution < 1.29 is 4.74 Å². The Hall–Kier alpha value is -0.150. The number of rotatable bonds is 3. The Kier molecular flexibility index (Phi) is 4.32. The Morgan fingerprint density at radius 3 is 2.71 bits per heavy atom. The molecule has 0 radical (unpaired) electrons. The van der Waals surface area contributed by atoms with Crippen LogP contribution in [0.2, 0.25) is 0 Å². The van der Waals surface area contributed by atoms with Crippen molar-refractivity contribution in [2.75, 3.05) is 0 Å². The zero-order chi connectivity index (χ0) is 10.6. The molecule has 2 nitrogen and oxygen atoms in total. The standard InChI is InChI=1S/C11H21NOS/c1-9(12-14-11(2,3)4)10-7-5-6-8-13-10/h6,8-10,12H,5,7H2,1-4H3/t9-,10+/m1/s1. The Morgan fingerprint density at radius 1 is 1.50 bits per heavy atom. The fourth-order valence-electron chi connectivity index (χ4n) is 1.27. The van der Waals surface area contributed by atoms with Crippen LogP contribution in [0.5, 0.6) is 0 Å². The molecule has 14 heavy (non-hydrogen) atoms. The molecule has 0 aliphatic carbocycles. The van der Waals surface area contributed by atoms with Gasteiger partial charge in [-0.2, -0.15) is 0 Å². The molecule has 82 valence electrons. The fraction of sp³-hybridized carbons (Fsp3) is 0.818. The first-order chi connectivity index (χ1) is 6.49. The molecule has 1 rings (SSSR count). The summed E-state index contributed by atoms with van der Waals surface area (Å²) in [7, 11) is 0. The first-order valence-electron chi connectivity index (χ1n) is 5.23.